The van der Waals surface area contributed by atoms with Gasteiger partial charge < -0.3 is 5.11 Å². The lowest BCUT2D eigenvalue weighted by Crippen LogP contribution is -2.05. The van der Waals surface area contributed by atoms with E-state index in [1.807, 2.05) is 0 Å². The van der Waals surface area contributed by atoms with Gasteiger partial charge in [-0.1, -0.05) is 26.0 Å². The summed E-state index contributed by atoms with van der Waals surface area (Å²) in [6.45, 7) is 4.11. The number of carbonyl (C=O) groups is 1. The van der Waals surface area contributed by atoms with Crippen molar-refractivity contribution < 1.29 is 9.90 Å². The molecule has 0 heterocycles. The van der Waals surface area contributed by atoms with Gasteiger partial charge in [0.25, 0.3) is 0 Å². The highest BCUT2D eigenvalue weighted by atomic mass is 16.4. The molecule has 66 valence electrons. The van der Waals surface area contributed by atoms with Crippen LogP contribution in [-0.2, 0) is 4.79 Å². The van der Waals surface area contributed by atoms with E-state index in [1.54, 1.807) is 0 Å². The van der Waals surface area contributed by atoms with E-state index in [0.29, 0.717) is 0 Å². The van der Waals surface area contributed by atoms with Gasteiger partial charge >= 0.3 is 5.97 Å². The number of rotatable bonds is 1. The summed E-state index contributed by atoms with van der Waals surface area (Å²) in [5.41, 5.74) is -0.0231. The molecule has 0 aromatic rings. The van der Waals surface area contributed by atoms with Gasteiger partial charge in [-0.15, -0.1) is 0 Å². The molecule has 0 bridgehead atoms. The number of allylic oxidation sites excluding steroid dienone is 2. The van der Waals surface area contributed by atoms with Gasteiger partial charge in [0.15, 0.2) is 0 Å². The van der Waals surface area contributed by atoms with Crippen LogP contribution in [0.5, 0.6) is 0 Å². The van der Waals surface area contributed by atoms with E-state index in [2.05, 4.69) is 26.0 Å². The molecule has 2 heteroatoms. The fourth-order valence-electron chi connectivity index (χ4n) is 2.89. The quantitative estimate of drug-likeness (QED) is 0.605. The normalized spacial score (nSPS) is 42.0. The van der Waals surface area contributed by atoms with Gasteiger partial charge in [-0.25, -0.2) is 0 Å². The molecule has 2 unspecified atom stereocenters. The third-order valence-electron chi connectivity index (χ3n) is 3.74. The summed E-state index contributed by atoms with van der Waals surface area (Å²) < 4.78 is 0. The molecule has 0 radical (unpaired) electrons. The van der Waals surface area contributed by atoms with Crippen molar-refractivity contribution in [1.82, 2.24) is 0 Å². The molecule has 0 aromatic carbocycles. The van der Waals surface area contributed by atoms with Crippen LogP contribution < -0.4 is 0 Å². The highest BCUT2D eigenvalue weighted by molar-refractivity contribution is 5.78. The molecule has 0 amide bonds. The molecule has 1 spiro atoms. The third kappa shape index (κ3) is 0.637. The van der Waals surface area contributed by atoms with Crippen LogP contribution in [0.2, 0.25) is 0 Å². The molecule has 1 N–H and O–H groups in total. The first-order valence-corrected chi connectivity index (χ1v) is 4.43. The molecule has 12 heavy (non-hydrogen) atoms. The second-order valence-electron chi connectivity index (χ2n) is 4.47. The Bertz CT molecular complexity index is 265. The largest absolute Gasteiger partial charge is 0.481 e. The Morgan fingerprint density at radius 1 is 1.58 bits per heavy atom. The molecule has 2 atom stereocenters. The van der Waals surface area contributed by atoms with Crippen molar-refractivity contribution in [3.63, 3.8) is 0 Å². The van der Waals surface area contributed by atoms with Gasteiger partial charge in [0.05, 0.1) is 5.92 Å². The van der Waals surface area contributed by atoms with Gasteiger partial charge in [0.1, 0.15) is 0 Å². The minimum Gasteiger partial charge on any atom is -0.481 e. The Labute approximate surface area is 72.3 Å². The second kappa shape index (κ2) is 1.93. The lowest BCUT2D eigenvalue weighted by molar-refractivity contribution is -0.139. The summed E-state index contributed by atoms with van der Waals surface area (Å²) in [5, 5.41) is 8.98. The van der Waals surface area contributed by atoms with Crippen LogP contribution in [0, 0.1) is 16.7 Å². The zero-order valence-electron chi connectivity index (χ0n) is 7.50. The standard InChI is InChI=1S/C10H14O2/c1-9(2)7(8(11)12)10(9)5-3-4-6-10/h3,5,7H,4,6H2,1-2H3,(H,11,12). The van der Waals surface area contributed by atoms with Crippen molar-refractivity contribution >= 4 is 5.97 Å². The first-order valence-electron chi connectivity index (χ1n) is 4.43. The van der Waals surface area contributed by atoms with Gasteiger partial charge in [-0.3, -0.25) is 4.79 Å². The molecule has 0 aromatic heterocycles. The maximum atomic E-state index is 10.9. The van der Waals surface area contributed by atoms with Crippen molar-refractivity contribution in [3.05, 3.63) is 12.2 Å². The van der Waals surface area contributed by atoms with Gasteiger partial charge in [0, 0.05) is 5.41 Å². The van der Waals surface area contributed by atoms with Crippen LogP contribution in [0.15, 0.2) is 12.2 Å². The van der Waals surface area contributed by atoms with Crippen molar-refractivity contribution in [1.29, 1.82) is 0 Å². The lowest BCUT2D eigenvalue weighted by atomic mass is 9.96. The highest BCUT2D eigenvalue weighted by Gasteiger charge is 2.73. The predicted octanol–water partition coefficient (Wildman–Crippen LogP) is 2.06. The Morgan fingerprint density at radius 3 is 2.58 bits per heavy atom. The van der Waals surface area contributed by atoms with E-state index in [-0.39, 0.29) is 16.7 Å². The monoisotopic (exact) mass is 166 g/mol. The summed E-state index contributed by atoms with van der Waals surface area (Å²) in [6.07, 6.45) is 6.31. The summed E-state index contributed by atoms with van der Waals surface area (Å²) in [4.78, 5) is 10.9. The number of carboxylic acids is 1. The number of aliphatic carboxylic acids is 1. The minimum atomic E-state index is -0.633. The van der Waals surface area contributed by atoms with E-state index in [4.69, 9.17) is 5.11 Å². The SMILES string of the molecule is CC1(C)C(C(=O)O)C12C=CCC2. The number of carboxylic acid groups (broad SMARTS) is 1. The molecule has 2 rings (SSSR count). The fourth-order valence-corrected chi connectivity index (χ4v) is 2.89. The van der Waals surface area contributed by atoms with E-state index < -0.39 is 5.97 Å². The Balaban J connectivity index is 2.31. The van der Waals surface area contributed by atoms with E-state index >= 15 is 0 Å². The van der Waals surface area contributed by atoms with E-state index in [0.717, 1.165) is 12.8 Å². The maximum Gasteiger partial charge on any atom is 0.307 e. The van der Waals surface area contributed by atoms with Crippen molar-refractivity contribution in [3.8, 4) is 0 Å². The highest BCUT2D eigenvalue weighted by Crippen LogP contribution is 2.73. The van der Waals surface area contributed by atoms with Gasteiger partial charge in [-0.05, 0) is 18.3 Å². The smallest absolute Gasteiger partial charge is 0.307 e. The summed E-state index contributed by atoms with van der Waals surface area (Å²) in [5.74, 6) is -0.782. The molecular weight excluding hydrogens is 152 g/mol. The molecule has 2 nitrogen and oxygen atoms in total. The summed E-state index contributed by atoms with van der Waals surface area (Å²) in [6, 6.07) is 0. The van der Waals surface area contributed by atoms with Gasteiger partial charge in [0.2, 0.25) is 0 Å². The van der Waals surface area contributed by atoms with Crippen LogP contribution >= 0.6 is 0 Å². The third-order valence-corrected chi connectivity index (χ3v) is 3.74. The molecule has 0 aliphatic heterocycles. The van der Waals surface area contributed by atoms with Crippen molar-refractivity contribution in [2.75, 3.05) is 0 Å². The molecule has 2 aliphatic carbocycles. The average Bonchev–Trinajstić information content (AvgIpc) is 2.32. The lowest BCUT2D eigenvalue weighted by Gasteiger charge is -2.08. The first-order chi connectivity index (χ1) is 5.52. The Kier molecular flexibility index (Phi) is 1.26. The van der Waals surface area contributed by atoms with E-state index in [9.17, 15) is 4.79 Å². The molecule has 1 saturated carbocycles. The van der Waals surface area contributed by atoms with Crippen LogP contribution in [0.1, 0.15) is 26.7 Å². The topological polar surface area (TPSA) is 37.3 Å². The first kappa shape index (κ1) is 7.84. The van der Waals surface area contributed by atoms with Crippen LogP contribution in [0.4, 0.5) is 0 Å². The molecular formula is C10H14O2. The Hall–Kier alpha value is -0.790. The fraction of sp³-hybridized carbons (Fsp3) is 0.700. The molecule has 2 aliphatic rings. The summed E-state index contributed by atoms with van der Waals surface area (Å²) in [7, 11) is 0. The van der Waals surface area contributed by atoms with E-state index in [1.165, 1.54) is 0 Å². The van der Waals surface area contributed by atoms with Crippen molar-refractivity contribution in [2.45, 2.75) is 26.7 Å². The summed E-state index contributed by atoms with van der Waals surface area (Å²) >= 11 is 0. The number of hydrogen-bond acceptors (Lipinski definition) is 1. The second-order valence-corrected chi connectivity index (χ2v) is 4.47. The average molecular weight is 166 g/mol. The zero-order valence-corrected chi connectivity index (χ0v) is 7.50. The Morgan fingerprint density at radius 2 is 2.25 bits per heavy atom. The maximum absolute atomic E-state index is 10.9. The molecule has 0 saturated heterocycles. The minimum absolute atomic E-state index is 0.00116. The number of hydrogen-bond donors (Lipinski definition) is 1. The van der Waals surface area contributed by atoms with Crippen molar-refractivity contribution in [2.24, 2.45) is 16.7 Å². The van der Waals surface area contributed by atoms with Gasteiger partial charge in [-0.2, -0.15) is 0 Å². The zero-order chi connectivity index (χ0) is 8.98. The predicted molar refractivity (Wildman–Crippen MR) is 45.7 cm³/mol. The van der Waals surface area contributed by atoms with Crippen LogP contribution in [0.25, 0.3) is 0 Å². The molecule has 1 fully saturated rings. The van der Waals surface area contributed by atoms with Crippen LogP contribution in [-0.4, -0.2) is 11.1 Å². The van der Waals surface area contributed by atoms with Crippen LogP contribution in [0.3, 0.4) is 0 Å².